The van der Waals surface area contributed by atoms with Gasteiger partial charge >= 0.3 is 0 Å². The molecule has 3 nitrogen and oxygen atoms in total. The molecule has 3 heteroatoms. The van der Waals surface area contributed by atoms with E-state index in [1.54, 1.807) is 7.11 Å². The molecule has 0 unspecified atom stereocenters. The molecule has 0 bridgehead atoms. The average molecular weight is 275 g/mol. The zero-order chi connectivity index (χ0) is 14.2. The predicted molar refractivity (Wildman–Crippen MR) is 81.0 cm³/mol. The van der Waals surface area contributed by atoms with Gasteiger partial charge < -0.3 is 9.64 Å². The van der Waals surface area contributed by atoms with Crippen molar-refractivity contribution in [2.24, 2.45) is 0 Å². The normalized spacial score (nSPS) is 15.2. The van der Waals surface area contributed by atoms with Gasteiger partial charge in [-0.2, -0.15) is 0 Å². The molecule has 0 spiro atoms. The Balaban J connectivity index is 1.64. The summed E-state index contributed by atoms with van der Waals surface area (Å²) in [7, 11) is 1.68. The molecule has 1 aromatic carbocycles. The summed E-state index contributed by atoms with van der Waals surface area (Å²) in [6, 6.07) is 8.19. The number of carbonyl (C=O) groups is 1. The third kappa shape index (κ3) is 4.55. The summed E-state index contributed by atoms with van der Waals surface area (Å²) < 4.78 is 5.14. The van der Waals surface area contributed by atoms with Gasteiger partial charge in [0.15, 0.2) is 0 Å². The van der Waals surface area contributed by atoms with Crippen molar-refractivity contribution in [2.45, 2.75) is 44.9 Å². The van der Waals surface area contributed by atoms with Gasteiger partial charge in [-0.05, 0) is 56.2 Å². The molecule has 1 amide bonds. The van der Waals surface area contributed by atoms with Gasteiger partial charge in [0.1, 0.15) is 5.75 Å². The molecule has 110 valence electrons. The first-order chi connectivity index (χ1) is 9.79. The monoisotopic (exact) mass is 275 g/mol. The van der Waals surface area contributed by atoms with Crippen LogP contribution in [0.2, 0.25) is 0 Å². The van der Waals surface area contributed by atoms with Crippen LogP contribution in [0.3, 0.4) is 0 Å². The van der Waals surface area contributed by atoms with Gasteiger partial charge in [-0.1, -0.05) is 12.1 Å². The summed E-state index contributed by atoms with van der Waals surface area (Å²) in [5, 5.41) is 0. The zero-order valence-electron chi connectivity index (χ0n) is 12.4. The molecule has 1 heterocycles. The molecule has 1 aromatic rings. The number of ether oxygens (including phenoxy) is 1. The Morgan fingerprint density at radius 2 is 1.80 bits per heavy atom. The SMILES string of the molecule is COc1ccc(CCCCC(=O)N2CCCCC2)cc1. The lowest BCUT2D eigenvalue weighted by atomic mass is 10.1. The molecule has 2 rings (SSSR count). The van der Waals surface area contributed by atoms with E-state index in [9.17, 15) is 4.79 Å². The van der Waals surface area contributed by atoms with Crippen LogP contribution in [0.25, 0.3) is 0 Å². The van der Waals surface area contributed by atoms with E-state index in [0.29, 0.717) is 12.3 Å². The van der Waals surface area contributed by atoms with Crippen molar-refractivity contribution in [1.82, 2.24) is 4.90 Å². The summed E-state index contributed by atoms with van der Waals surface area (Å²) in [4.78, 5) is 14.0. The van der Waals surface area contributed by atoms with Crippen molar-refractivity contribution < 1.29 is 9.53 Å². The van der Waals surface area contributed by atoms with E-state index >= 15 is 0 Å². The summed E-state index contributed by atoms with van der Waals surface area (Å²) >= 11 is 0. The molecule has 0 atom stereocenters. The number of aryl methyl sites for hydroxylation is 1. The van der Waals surface area contributed by atoms with Gasteiger partial charge in [-0.15, -0.1) is 0 Å². The second kappa shape index (κ2) is 7.93. The van der Waals surface area contributed by atoms with Crippen LogP contribution in [-0.4, -0.2) is 31.0 Å². The Labute approximate surface area is 121 Å². The molecule has 0 aromatic heterocycles. The van der Waals surface area contributed by atoms with Gasteiger partial charge in [-0.3, -0.25) is 4.79 Å². The predicted octanol–water partition coefficient (Wildman–Crippen LogP) is 3.42. The highest BCUT2D eigenvalue weighted by molar-refractivity contribution is 5.76. The van der Waals surface area contributed by atoms with E-state index in [2.05, 4.69) is 12.1 Å². The molecule has 1 fully saturated rings. The van der Waals surface area contributed by atoms with Gasteiger partial charge in [0.25, 0.3) is 0 Å². The van der Waals surface area contributed by atoms with Crippen molar-refractivity contribution in [3.8, 4) is 5.75 Å². The average Bonchev–Trinajstić information content (AvgIpc) is 2.53. The first kappa shape index (κ1) is 14.9. The van der Waals surface area contributed by atoms with Crippen molar-refractivity contribution >= 4 is 5.91 Å². The van der Waals surface area contributed by atoms with Gasteiger partial charge in [0.05, 0.1) is 7.11 Å². The molecule has 0 N–H and O–H groups in total. The zero-order valence-corrected chi connectivity index (χ0v) is 12.4. The third-order valence-corrected chi connectivity index (χ3v) is 3.97. The lowest BCUT2D eigenvalue weighted by Crippen LogP contribution is -2.35. The first-order valence-corrected chi connectivity index (χ1v) is 7.70. The number of hydrogen-bond donors (Lipinski definition) is 0. The van der Waals surface area contributed by atoms with Crippen LogP contribution in [0.1, 0.15) is 44.1 Å². The maximum absolute atomic E-state index is 12.0. The molecule has 1 aliphatic heterocycles. The minimum Gasteiger partial charge on any atom is -0.497 e. The number of methoxy groups -OCH3 is 1. The number of carbonyl (C=O) groups excluding carboxylic acids is 1. The highest BCUT2D eigenvalue weighted by Gasteiger charge is 2.15. The number of piperidine rings is 1. The number of rotatable bonds is 6. The van der Waals surface area contributed by atoms with Crippen molar-refractivity contribution in [3.63, 3.8) is 0 Å². The molecule has 1 saturated heterocycles. The lowest BCUT2D eigenvalue weighted by Gasteiger charge is -2.26. The maximum atomic E-state index is 12.0. The Kier molecular flexibility index (Phi) is 5.90. The van der Waals surface area contributed by atoms with E-state index < -0.39 is 0 Å². The van der Waals surface area contributed by atoms with Gasteiger partial charge in [0, 0.05) is 19.5 Å². The van der Waals surface area contributed by atoms with Gasteiger partial charge in [-0.25, -0.2) is 0 Å². The summed E-state index contributed by atoms with van der Waals surface area (Å²) in [6.45, 7) is 1.94. The molecule has 1 aliphatic rings. The van der Waals surface area contributed by atoms with Crippen LogP contribution < -0.4 is 4.74 Å². The quantitative estimate of drug-likeness (QED) is 0.744. The molecule has 0 aliphatic carbocycles. The van der Waals surface area contributed by atoms with E-state index in [4.69, 9.17) is 4.74 Å². The Bertz CT molecular complexity index is 408. The topological polar surface area (TPSA) is 29.5 Å². The number of benzene rings is 1. The number of hydrogen-bond acceptors (Lipinski definition) is 2. The Hall–Kier alpha value is -1.51. The van der Waals surface area contributed by atoms with Gasteiger partial charge in [0.2, 0.25) is 5.91 Å². The number of nitrogens with zero attached hydrogens (tertiary/aromatic N) is 1. The van der Waals surface area contributed by atoms with Crippen LogP contribution in [0, 0.1) is 0 Å². The summed E-state index contributed by atoms with van der Waals surface area (Å²) in [6.07, 6.45) is 7.44. The second-order valence-corrected chi connectivity index (χ2v) is 5.50. The molecular weight excluding hydrogens is 250 g/mol. The fourth-order valence-electron chi connectivity index (χ4n) is 2.70. The minimum atomic E-state index is 0.347. The smallest absolute Gasteiger partial charge is 0.222 e. The fraction of sp³-hybridized carbons (Fsp3) is 0.588. The number of unbranched alkanes of at least 4 members (excludes halogenated alkanes) is 1. The Morgan fingerprint density at radius 3 is 2.45 bits per heavy atom. The van der Waals surface area contributed by atoms with E-state index in [0.717, 1.165) is 38.1 Å². The lowest BCUT2D eigenvalue weighted by molar-refractivity contribution is -0.132. The van der Waals surface area contributed by atoms with Crippen molar-refractivity contribution in [3.05, 3.63) is 29.8 Å². The number of amides is 1. The number of likely N-dealkylation sites (tertiary alicyclic amines) is 1. The molecule has 20 heavy (non-hydrogen) atoms. The molecule has 0 saturated carbocycles. The first-order valence-electron chi connectivity index (χ1n) is 7.70. The fourth-order valence-corrected chi connectivity index (χ4v) is 2.70. The summed E-state index contributed by atoms with van der Waals surface area (Å²) in [5.41, 5.74) is 1.32. The van der Waals surface area contributed by atoms with Crippen LogP contribution >= 0.6 is 0 Å². The maximum Gasteiger partial charge on any atom is 0.222 e. The molecular formula is C17H25NO2. The van der Waals surface area contributed by atoms with Crippen LogP contribution in [0.5, 0.6) is 5.75 Å². The third-order valence-electron chi connectivity index (χ3n) is 3.97. The van der Waals surface area contributed by atoms with E-state index in [1.165, 1.54) is 24.8 Å². The van der Waals surface area contributed by atoms with Crippen LogP contribution in [0.4, 0.5) is 0 Å². The molecule has 0 radical (unpaired) electrons. The minimum absolute atomic E-state index is 0.347. The largest absolute Gasteiger partial charge is 0.497 e. The standard InChI is InChI=1S/C17H25NO2/c1-20-16-11-9-15(10-12-16)7-3-4-8-17(19)18-13-5-2-6-14-18/h9-12H,2-8,13-14H2,1H3. The second-order valence-electron chi connectivity index (χ2n) is 5.50. The van der Waals surface area contributed by atoms with E-state index in [1.807, 2.05) is 17.0 Å². The van der Waals surface area contributed by atoms with Crippen LogP contribution in [-0.2, 0) is 11.2 Å². The summed E-state index contributed by atoms with van der Waals surface area (Å²) in [5.74, 6) is 1.24. The van der Waals surface area contributed by atoms with Crippen molar-refractivity contribution in [2.75, 3.05) is 20.2 Å². The van der Waals surface area contributed by atoms with E-state index in [-0.39, 0.29) is 0 Å². The highest BCUT2D eigenvalue weighted by atomic mass is 16.5. The van der Waals surface area contributed by atoms with Crippen LogP contribution in [0.15, 0.2) is 24.3 Å². The highest BCUT2D eigenvalue weighted by Crippen LogP contribution is 2.15. The Morgan fingerprint density at radius 1 is 1.10 bits per heavy atom. The van der Waals surface area contributed by atoms with Crippen molar-refractivity contribution in [1.29, 1.82) is 0 Å².